The van der Waals surface area contributed by atoms with Crippen LogP contribution in [-0.2, 0) is 12.8 Å². The van der Waals surface area contributed by atoms with Gasteiger partial charge in [0.1, 0.15) is 5.75 Å². The summed E-state index contributed by atoms with van der Waals surface area (Å²) in [4.78, 5) is 0. The highest BCUT2D eigenvalue weighted by Crippen LogP contribution is 2.36. The standard InChI is InChI=1S/C9H8BrF3O2/c1-15-8-3-5(9(11,12)13)2-7(10)6(8)4-14/h2-3,14H,4H2,1H3. The summed E-state index contributed by atoms with van der Waals surface area (Å²) in [6.45, 7) is -0.387. The fourth-order valence-corrected chi connectivity index (χ4v) is 1.68. The van der Waals surface area contributed by atoms with Crippen molar-refractivity contribution in [1.29, 1.82) is 0 Å². The first-order chi connectivity index (χ1) is 6.90. The van der Waals surface area contributed by atoms with Crippen molar-refractivity contribution in [3.63, 3.8) is 0 Å². The van der Waals surface area contributed by atoms with E-state index >= 15 is 0 Å². The average Bonchev–Trinajstić information content (AvgIpc) is 2.15. The van der Waals surface area contributed by atoms with E-state index < -0.39 is 11.7 Å². The molecule has 0 aliphatic rings. The molecule has 0 heterocycles. The molecule has 0 saturated carbocycles. The molecule has 0 amide bonds. The normalized spacial score (nSPS) is 11.6. The van der Waals surface area contributed by atoms with Crippen molar-refractivity contribution in [1.82, 2.24) is 0 Å². The molecular weight excluding hydrogens is 277 g/mol. The van der Waals surface area contributed by atoms with Gasteiger partial charge in [0.25, 0.3) is 0 Å². The van der Waals surface area contributed by atoms with Crippen molar-refractivity contribution >= 4 is 15.9 Å². The Morgan fingerprint density at radius 1 is 1.40 bits per heavy atom. The summed E-state index contributed by atoms with van der Waals surface area (Å²) in [6, 6.07) is 1.77. The Morgan fingerprint density at radius 2 is 2.00 bits per heavy atom. The molecule has 0 unspecified atom stereocenters. The maximum atomic E-state index is 12.4. The van der Waals surface area contributed by atoms with E-state index in [0.717, 1.165) is 12.1 Å². The number of aliphatic hydroxyl groups excluding tert-OH is 1. The molecule has 6 heteroatoms. The highest BCUT2D eigenvalue weighted by atomic mass is 79.9. The first-order valence-electron chi connectivity index (χ1n) is 3.94. The molecule has 1 N–H and O–H groups in total. The molecule has 84 valence electrons. The van der Waals surface area contributed by atoms with Crippen LogP contribution in [0.25, 0.3) is 0 Å². The Balaban J connectivity index is 3.32. The Kier molecular flexibility index (Phi) is 3.62. The SMILES string of the molecule is COc1cc(C(F)(F)F)cc(Br)c1CO. The average molecular weight is 285 g/mol. The van der Waals surface area contributed by atoms with Crippen molar-refractivity contribution in [2.75, 3.05) is 7.11 Å². The van der Waals surface area contributed by atoms with Gasteiger partial charge in [-0.2, -0.15) is 13.2 Å². The first kappa shape index (κ1) is 12.3. The van der Waals surface area contributed by atoms with E-state index in [2.05, 4.69) is 15.9 Å². The molecule has 0 saturated heterocycles. The number of halogens is 4. The van der Waals surface area contributed by atoms with Gasteiger partial charge in [-0.1, -0.05) is 15.9 Å². The third-order valence-electron chi connectivity index (χ3n) is 1.86. The summed E-state index contributed by atoms with van der Waals surface area (Å²) in [5.74, 6) is 0.0131. The number of benzene rings is 1. The fraction of sp³-hybridized carbons (Fsp3) is 0.333. The lowest BCUT2D eigenvalue weighted by Crippen LogP contribution is -2.06. The summed E-state index contributed by atoms with van der Waals surface area (Å²) >= 11 is 2.95. The highest BCUT2D eigenvalue weighted by molar-refractivity contribution is 9.10. The predicted molar refractivity (Wildman–Crippen MR) is 51.6 cm³/mol. The zero-order chi connectivity index (χ0) is 11.6. The van der Waals surface area contributed by atoms with Gasteiger partial charge < -0.3 is 9.84 Å². The summed E-state index contributed by atoms with van der Waals surface area (Å²) in [5.41, 5.74) is -0.520. The first-order valence-corrected chi connectivity index (χ1v) is 4.74. The maximum Gasteiger partial charge on any atom is 0.416 e. The van der Waals surface area contributed by atoms with Gasteiger partial charge in [0, 0.05) is 10.0 Å². The van der Waals surface area contributed by atoms with Gasteiger partial charge in [0.15, 0.2) is 0 Å². The lowest BCUT2D eigenvalue weighted by atomic mass is 10.1. The summed E-state index contributed by atoms with van der Waals surface area (Å²) in [7, 11) is 1.25. The van der Waals surface area contributed by atoms with Crippen molar-refractivity contribution in [3.05, 3.63) is 27.7 Å². The second-order valence-corrected chi connectivity index (χ2v) is 3.65. The van der Waals surface area contributed by atoms with Gasteiger partial charge in [-0.15, -0.1) is 0 Å². The third kappa shape index (κ3) is 2.63. The van der Waals surface area contributed by atoms with Gasteiger partial charge in [-0.05, 0) is 12.1 Å². The number of aliphatic hydroxyl groups is 1. The van der Waals surface area contributed by atoms with Crippen molar-refractivity contribution in [2.24, 2.45) is 0 Å². The Hall–Kier alpha value is -0.750. The highest BCUT2D eigenvalue weighted by Gasteiger charge is 2.32. The number of methoxy groups -OCH3 is 1. The van der Waals surface area contributed by atoms with Crippen LogP contribution in [-0.4, -0.2) is 12.2 Å². The van der Waals surface area contributed by atoms with E-state index in [1.54, 1.807) is 0 Å². The molecule has 15 heavy (non-hydrogen) atoms. The minimum atomic E-state index is -4.43. The molecule has 0 fully saturated rings. The Labute approximate surface area is 92.8 Å². The number of rotatable bonds is 2. The van der Waals surface area contributed by atoms with Gasteiger partial charge in [0.05, 0.1) is 19.3 Å². The van der Waals surface area contributed by atoms with Gasteiger partial charge in [-0.25, -0.2) is 0 Å². The van der Waals surface area contributed by atoms with Crippen molar-refractivity contribution in [2.45, 2.75) is 12.8 Å². The van der Waals surface area contributed by atoms with Crippen LogP contribution in [0, 0.1) is 0 Å². The van der Waals surface area contributed by atoms with E-state index in [-0.39, 0.29) is 16.8 Å². The molecule has 0 radical (unpaired) electrons. The molecule has 2 nitrogen and oxygen atoms in total. The molecular formula is C9H8BrF3O2. The second kappa shape index (κ2) is 4.40. The summed E-state index contributed by atoms with van der Waals surface area (Å²) in [6.07, 6.45) is -4.43. The molecule has 0 bridgehead atoms. The van der Waals surface area contributed by atoms with Crippen LogP contribution < -0.4 is 4.74 Å². The van der Waals surface area contributed by atoms with E-state index in [9.17, 15) is 13.2 Å². The number of alkyl halides is 3. The predicted octanol–water partition coefficient (Wildman–Crippen LogP) is 2.97. The zero-order valence-electron chi connectivity index (χ0n) is 7.73. The van der Waals surface area contributed by atoms with Crippen LogP contribution >= 0.6 is 15.9 Å². The number of ether oxygens (including phenoxy) is 1. The lowest BCUT2D eigenvalue weighted by Gasteiger charge is -2.13. The maximum absolute atomic E-state index is 12.4. The summed E-state index contributed by atoms with van der Waals surface area (Å²) < 4.78 is 42.1. The topological polar surface area (TPSA) is 29.5 Å². The van der Waals surface area contributed by atoms with Crippen LogP contribution in [0.15, 0.2) is 16.6 Å². The van der Waals surface area contributed by atoms with Crippen LogP contribution in [0.4, 0.5) is 13.2 Å². The largest absolute Gasteiger partial charge is 0.496 e. The minimum Gasteiger partial charge on any atom is -0.496 e. The Bertz CT molecular complexity index is 363. The van der Waals surface area contributed by atoms with E-state index in [0.29, 0.717) is 5.56 Å². The van der Waals surface area contributed by atoms with Crippen molar-refractivity contribution < 1.29 is 23.0 Å². The number of hydrogen-bond acceptors (Lipinski definition) is 2. The van der Waals surface area contributed by atoms with Gasteiger partial charge in [0.2, 0.25) is 0 Å². The van der Waals surface area contributed by atoms with E-state index in [1.165, 1.54) is 7.11 Å². The van der Waals surface area contributed by atoms with Crippen LogP contribution in [0.1, 0.15) is 11.1 Å². The molecule has 0 spiro atoms. The van der Waals surface area contributed by atoms with Gasteiger partial charge in [-0.3, -0.25) is 0 Å². The summed E-state index contributed by atoms with van der Waals surface area (Å²) in [5, 5.41) is 8.93. The van der Waals surface area contributed by atoms with Crippen molar-refractivity contribution in [3.8, 4) is 5.75 Å². The molecule has 1 aromatic carbocycles. The zero-order valence-corrected chi connectivity index (χ0v) is 9.32. The quantitative estimate of drug-likeness (QED) is 0.905. The van der Waals surface area contributed by atoms with Gasteiger partial charge >= 0.3 is 6.18 Å². The fourth-order valence-electron chi connectivity index (χ4n) is 1.11. The van der Waals surface area contributed by atoms with Crippen LogP contribution in [0.2, 0.25) is 0 Å². The third-order valence-corrected chi connectivity index (χ3v) is 2.57. The molecule has 1 rings (SSSR count). The molecule has 0 aliphatic carbocycles. The van der Waals surface area contributed by atoms with E-state index in [4.69, 9.17) is 9.84 Å². The van der Waals surface area contributed by atoms with Crippen LogP contribution in [0.3, 0.4) is 0 Å². The molecule has 0 aromatic heterocycles. The molecule has 0 aliphatic heterocycles. The smallest absolute Gasteiger partial charge is 0.416 e. The molecule has 0 atom stereocenters. The van der Waals surface area contributed by atoms with E-state index in [1.807, 2.05) is 0 Å². The second-order valence-electron chi connectivity index (χ2n) is 2.79. The minimum absolute atomic E-state index is 0.0131. The number of hydrogen-bond donors (Lipinski definition) is 1. The molecule has 1 aromatic rings. The lowest BCUT2D eigenvalue weighted by molar-refractivity contribution is -0.137. The van der Waals surface area contributed by atoms with Crippen LogP contribution in [0.5, 0.6) is 5.75 Å². The monoisotopic (exact) mass is 284 g/mol. The Morgan fingerprint density at radius 3 is 2.40 bits per heavy atom.